The number of nitrogens with zero attached hydrogens (tertiary/aromatic N) is 1. The number of carboxylic acid groups (broad SMARTS) is 1. The summed E-state index contributed by atoms with van der Waals surface area (Å²) in [7, 11) is 0. The maximum Gasteiger partial charge on any atom is 0.323 e. The van der Waals surface area contributed by atoms with Gasteiger partial charge in [-0.05, 0) is 24.6 Å². The van der Waals surface area contributed by atoms with Gasteiger partial charge in [0, 0.05) is 6.54 Å². The first kappa shape index (κ1) is 14.1. The molecule has 0 unspecified atom stereocenters. The first-order valence-corrected chi connectivity index (χ1v) is 5.37. The maximum absolute atomic E-state index is 12.9. The summed E-state index contributed by atoms with van der Waals surface area (Å²) in [6.45, 7) is 1.49. The van der Waals surface area contributed by atoms with Crippen molar-refractivity contribution in [1.82, 2.24) is 4.90 Å². The Morgan fingerprint density at radius 3 is 2.44 bits per heavy atom. The van der Waals surface area contributed by atoms with Gasteiger partial charge in [0.05, 0.1) is 6.42 Å². The maximum atomic E-state index is 12.9. The molecule has 0 radical (unpaired) electrons. The molecule has 1 N–H and O–H groups in total. The third-order valence-corrected chi connectivity index (χ3v) is 2.40. The topological polar surface area (TPSA) is 57.6 Å². The minimum Gasteiger partial charge on any atom is -0.480 e. The van der Waals surface area contributed by atoms with Gasteiger partial charge in [-0.2, -0.15) is 0 Å². The molecule has 1 amide bonds. The molecule has 1 aromatic carbocycles. The summed E-state index contributed by atoms with van der Waals surface area (Å²) in [6.07, 6.45) is -0.154. The monoisotopic (exact) mass is 257 g/mol. The Balaban J connectivity index is 2.73. The fourth-order valence-electron chi connectivity index (χ4n) is 1.48. The first-order valence-electron chi connectivity index (χ1n) is 5.37. The van der Waals surface area contributed by atoms with Gasteiger partial charge in [-0.1, -0.05) is 6.07 Å². The molecule has 0 aromatic heterocycles. The molecule has 0 fully saturated rings. The van der Waals surface area contributed by atoms with E-state index in [9.17, 15) is 18.4 Å². The van der Waals surface area contributed by atoms with Crippen LogP contribution in [0.3, 0.4) is 0 Å². The Hall–Kier alpha value is -1.98. The highest BCUT2D eigenvalue weighted by molar-refractivity contribution is 5.82. The van der Waals surface area contributed by atoms with Gasteiger partial charge in [-0.25, -0.2) is 8.78 Å². The lowest BCUT2D eigenvalue weighted by Crippen LogP contribution is -2.36. The Kier molecular flexibility index (Phi) is 4.76. The van der Waals surface area contributed by atoms with Crippen LogP contribution in [0.25, 0.3) is 0 Å². The smallest absolute Gasteiger partial charge is 0.323 e. The van der Waals surface area contributed by atoms with E-state index in [2.05, 4.69) is 0 Å². The summed E-state index contributed by atoms with van der Waals surface area (Å²) in [5, 5.41) is 8.61. The van der Waals surface area contributed by atoms with Crippen LogP contribution in [0.2, 0.25) is 0 Å². The van der Waals surface area contributed by atoms with Gasteiger partial charge < -0.3 is 10.0 Å². The van der Waals surface area contributed by atoms with Crippen molar-refractivity contribution in [2.24, 2.45) is 0 Å². The quantitative estimate of drug-likeness (QED) is 0.868. The molecule has 0 bridgehead atoms. The van der Waals surface area contributed by atoms with Gasteiger partial charge in [0.1, 0.15) is 6.54 Å². The lowest BCUT2D eigenvalue weighted by atomic mass is 10.1. The van der Waals surface area contributed by atoms with E-state index in [4.69, 9.17) is 5.11 Å². The van der Waals surface area contributed by atoms with E-state index in [1.54, 1.807) is 6.92 Å². The van der Waals surface area contributed by atoms with Gasteiger partial charge in [0.25, 0.3) is 0 Å². The summed E-state index contributed by atoms with van der Waals surface area (Å²) < 4.78 is 25.6. The van der Waals surface area contributed by atoms with Crippen LogP contribution < -0.4 is 0 Å². The number of amides is 1. The molecular formula is C12H13F2NO3. The second-order valence-corrected chi connectivity index (χ2v) is 3.73. The van der Waals surface area contributed by atoms with Crippen LogP contribution in [0.4, 0.5) is 8.78 Å². The second kappa shape index (κ2) is 6.09. The number of rotatable bonds is 5. The molecule has 0 atom stereocenters. The fraction of sp³-hybridized carbons (Fsp3) is 0.333. The number of carboxylic acids is 1. The van der Waals surface area contributed by atoms with E-state index in [1.165, 1.54) is 6.07 Å². The van der Waals surface area contributed by atoms with Crippen LogP contribution in [0.5, 0.6) is 0 Å². The van der Waals surface area contributed by atoms with E-state index in [0.717, 1.165) is 17.0 Å². The number of aliphatic carboxylic acids is 1. The molecule has 0 aliphatic rings. The van der Waals surface area contributed by atoms with Crippen molar-refractivity contribution in [3.8, 4) is 0 Å². The first-order chi connectivity index (χ1) is 8.43. The SMILES string of the molecule is CCN(CC(=O)O)C(=O)Cc1ccc(F)c(F)c1. The highest BCUT2D eigenvalue weighted by Crippen LogP contribution is 2.10. The van der Waals surface area contributed by atoms with Crippen LogP contribution in [-0.4, -0.2) is 35.0 Å². The molecule has 6 heteroatoms. The highest BCUT2D eigenvalue weighted by Gasteiger charge is 2.15. The molecule has 4 nitrogen and oxygen atoms in total. The molecule has 0 heterocycles. The number of hydrogen-bond acceptors (Lipinski definition) is 2. The van der Waals surface area contributed by atoms with Gasteiger partial charge in [0.15, 0.2) is 11.6 Å². The van der Waals surface area contributed by atoms with E-state index in [0.29, 0.717) is 5.56 Å². The fourth-order valence-corrected chi connectivity index (χ4v) is 1.48. The average Bonchev–Trinajstić information content (AvgIpc) is 2.30. The molecule has 98 valence electrons. The number of halogens is 2. The average molecular weight is 257 g/mol. The zero-order valence-electron chi connectivity index (χ0n) is 9.82. The van der Waals surface area contributed by atoms with E-state index >= 15 is 0 Å². The molecule has 1 aromatic rings. The Morgan fingerprint density at radius 2 is 1.94 bits per heavy atom. The minimum atomic E-state index is -1.12. The van der Waals surface area contributed by atoms with Gasteiger partial charge in [-0.3, -0.25) is 9.59 Å². The second-order valence-electron chi connectivity index (χ2n) is 3.73. The summed E-state index contributed by atoms with van der Waals surface area (Å²) in [6, 6.07) is 3.16. The summed E-state index contributed by atoms with van der Waals surface area (Å²) >= 11 is 0. The van der Waals surface area contributed by atoms with Crippen LogP contribution in [0, 0.1) is 11.6 Å². The van der Waals surface area contributed by atoms with Crippen molar-refractivity contribution in [3.05, 3.63) is 35.4 Å². The van der Waals surface area contributed by atoms with Crippen LogP contribution in [0.1, 0.15) is 12.5 Å². The lowest BCUT2D eigenvalue weighted by molar-refractivity contribution is -0.144. The summed E-state index contributed by atoms with van der Waals surface area (Å²) in [5.74, 6) is -3.56. The van der Waals surface area contributed by atoms with Crippen molar-refractivity contribution in [1.29, 1.82) is 0 Å². The van der Waals surface area contributed by atoms with E-state index in [-0.39, 0.29) is 13.0 Å². The highest BCUT2D eigenvalue weighted by atomic mass is 19.2. The van der Waals surface area contributed by atoms with Gasteiger partial charge >= 0.3 is 5.97 Å². The number of likely N-dealkylation sites (N-methyl/N-ethyl adjacent to an activating group) is 1. The Morgan fingerprint density at radius 1 is 1.28 bits per heavy atom. The Labute approximate surface area is 103 Å². The van der Waals surface area contributed by atoms with E-state index < -0.39 is 30.1 Å². The third-order valence-electron chi connectivity index (χ3n) is 2.40. The van der Waals surface area contributed by atoms with Gasteiger partial charge in [-0.15, -0.1) is 0 Å². The molecule has 1 rings (SSSR count). The molecule has 0 saturated carbocycles. The van der Waals surface area contributed by atoms with Crippen molar-refractivity contribution < 1.29 is 23.5 Å². The molecule has 0 saturated heterocycles. The largest absolute Gasteiger partial charge is 0.480 e. The summed E-state index contributed by atoms with van der Waals surface area (Å²) in [5.41, 5.74) is 0.308. The minimum absolute atomic E-state index is 0.154. The zero-order valence-corrected chi connectivity index (χ0v) is 9.82. The normalized spacial score (nSPS) is 10.2. The molecule has 0 aliphatic heterocycles. The third kappa shape index (κ3) is 3.80. The number of hydrogen-bond donors (Lipinski definition) is 1. The van der Waals surface area contributed by atoms with Crippen molar-refractivity contribution in [2.75, 3.05) is 13.1 Å². The van der Waals surface area contributed by atoms with E-state index in [1.807, 2.05) is 0 Å². The van der Waals surface area contributed by atoms with Gasteiger partial charge in [0.2, 0.25) is 5.91 Å². The van der Waals surface area contributed by atoms with Crippen molar-refractivity contribution in [2.45, 2.75) is 13.3 Å². The van der Waals surface area contributed by atoms with Crippen LogP contribution in [0.15, 0.2) is 18.2 Å². The molecular weight excluding hydrogens is 244 g/mol. The predicted molar refractivity (Wildman–Crippen MR) is 60.0 cm³/mol. The van der Waals surface area contributed by atoms with Crippen molar-refractivity contribution in [3.63, 3.8) is 0 Å². The Bertz CT molecular complexity index is 463. The van der Waals surface area contributed by atoms with Crippen molar-refractivity contribution >= 4 is 11.9 Å². The number of carbonyl (C=O) groups excluding carboxylic acids is 1. The van der Waals surface area contributed by atoms with Crippen LogP contribution in [-0.2, 0) is 16.0 Å². The van der Waals surface area contributed by atoms with Crippen LogP contribution >= 0.6 is 0 Å². The molecule has 0 spiro atoms. The molecule has 18 heavy (non-hydrogen) atoms. The predicted octanol–water partition coefficient (Wildman–Crippen LogP) is 1.44. The standard InChI is InChI=1S/C12H13F2NO3/c1-2-15(7-12(17)18)11(16)6-8-3-4-9(13)10(14)5-8/h3-5H,2,6-7H2,1H3,(H,17,18). The summed E-state index contributed by atoms with van der Waals surface area (Å²) in [4.78, 5) is 23.4. The zero-order chi connectivity index (χ0) is 13.7. The molecule has 0 aliphatic carbocycles. The number of benzene rings is 1. The lowest BCUT2D eigenvalue weighted by Gasteiger charge is -2.18. The number of carbonyl (C=O) groups is 2.